The molecular weight excluding hydrogens is 264 g/mol. The minimum atomic E-state index is -0.953. The first-order chi connectivity index (χ1) is 8.97. The first kappa shape index (κ1) is 14.2. The zero-order chi connectivity index (χ0) is 14.0. The fourth-order valence-electron chi connectivity index (χ4n) is 2.59. The number of anilines is 1. The molecule has 0 amide bonds. The van der Waals surface area contributed by atoms with E-state index in [1.54, 1.807) is 12.1 Å². The van der Waals surface area contributed by atoms with Crippen molar-refractivity contribution in [1.29, 1.82) is 0 Å². The van der Waals surface area contributed by atoms with Crippen molar-refractivity contribution in [2.45, 2.75) is 19.4 Å². The van der Waals surface area contributed by atoms with Crippen LogP contribution in [-0.4, -0.2) is 42.2 Å². The molecule has 4 nitrogen and oxygen atoms in total. The molecule has 2 unspecified atom stereocenters. The number of carbonyl (C=O) groups is 1. The Morgan fingerprint density at radius 1 is 1.53 bits per heavy atom. The van der Waals surface area contributed by atoms with Crippen molar-refractivity contribution in [3.63, 3.8) is 0 Å². The van der Waals surface area contributed by atoms with Crippen LogP contribution in [0.4, 0.5) is 5.69 Å². The van der Waals surface area contributed by atoms with Crippen LogP contribution in [0.1, 0.15) is 23.7 Å². The summed E-state index contributed by atoms with van der Waals surface area (Å²) in [4.78, 5) is 13.5. The summed E-state index contributed by atoms with van der Waals surface area (Å²) in [5.74, 6) is -0.471. The molecule has 0 aromatic heterocycles. The van der Waals surface area contributed by atoms with Crippen LogP contribution >= 0.6 is 11.6 Å². The van der Waals surface area contributed by atoms with E-state index in [0.29, 0.717) is 22.7 Å². The van der Waals surface area contributed by atoms with Gasteiger partial charge in [-0.2, -0.15) is 0 Å². The Morgan fingerprint density at radius 2 is 2.26 bits per heavy atom. The van der Waals surface area contributed by atoms with Crippen molar-refractivity contribution in [2.75, 3.05) is 25.5 Å². The maximum Gasteiger partial charge on any atom is 0.337 e. The highest BCUT2D eigenvalue weighted by Gasteiger charge is 2.25. The highest BCUT2D eigenvalue weighted by atomic mass is 35.5. The molecule has 2 rings (SSSR count). The third-order valence-electron chi connectivity index (χ3n) is 3.66. The van der Waals surface area contributed by atoms with E-state index in [-0.39, 0.29) is 5.56 Å². The van der Waals surface area contributed by atoms with Crippen LogP contribution in [-0.2, 0) is 0 Å². The highest BCUT2D eigenvalue weighted by molar-refractivity contribution is 6.31. The molecular formula is C14H19ClN2O2. The molecule has 5 heteroatoms. The quantitative estimate of drug-likeness (QED) is 0.895. The van der Waals surface area contributed by atoms with Gasteiger partial charge < -0.3 is 15.3 Å². The highest BCUT2D eigenvalue weighted by Crippen LogP contribution is 2.25. The lowest BCUT2D eigenvalue weighted by atomic mass is 9.93. The second-order valence-corrected chi connectivity index (χ2v) is 5.71. The molecule has 0 saturated carbocycles. The SMILES string of the molecule is CC1CN(C)CCC1Nc1ccc(Cl)cc1C(=O)O. The molecule has 0 radical (unpaired) electrons. The normalized spacial score (nSPS) is 24.2. The maximum absolute atomic E-state index is 11.2. The summed E-state index contributed by atoms with van der Waals surface area (Å²) >= 11 is 5.85. The standard InChI is InChI=1S/C14H19ClN2O2/c1-9-8-17(2)6-5-12(9)16-13-4-3-10(15)7-11(13)14(18)19/h3-4,7,9,12,16H,5-6,8H2,1-2H3,(H,18,19). The molecule has 0 bridgehead atoms. The van der Waals surface area contributed by atoms with E-state index in [9.17, 15) is 9.90 Å². The molecule has 104 valence electrons. The molecule has 1 aromatic carbocycles. The van der Waals surface area contributed by atoms with Gasteiger partial charge in [0.1, 0.15) is 0 Å². The number of carboxylic acids is 1. The first-order valence-corrected chi connectivity index (χ1v) is 6.83. The fraction of sp³-hybridized carbons (Fsp3) is 0.500. The van der Waals surface area contributed by atoms with E-state index < -0.39 is 5.97 Å². The lowest BCUT2D eigenvalue weighted by molar-refractivity contribution is 0.0697. The van der Waals surface area contributed by atoms with Gasteiger partial charge in [-0.15, -0.1) is 0 Å². The number of rotatable bonds is 3. The molecule has 19 heavy (non-hydrogen) atoms. The van der Waals surface area contributed by atoms with Crippen LogP contribution < -0.4 is 5.32 Å². The van der Waals surface area contributed by atoms with Crippen molar-refractivity contribution in [2.24, 2.45) is 5.92 Å². The Hall–Kier alpha value is -1.26. The van der Waals surface area contributed by atoms with Gasteiger partial charge in [-0.3, -0.25) is 0 Å². The van der Waals surface area contributed by atoms with Gasteiger partial charge in [0.2, 0.25) is 0 Å². The summed E-state index contributed by atoms with van der Waals surface area (Å²) in [6.45, 7) is 4.23. The van der Waals surface area contributed by atoms with Crippen LogP contribution in [0.2, 0.25) is 5.02 Å². The molecule has 2 atom stereocenters. The number of likely N-dealkylation sites (tertiary alicyclic amines) is 1. The molecule has 1 aromatic rings. The average Bonchev–Trinajstić information content (AvgIpc) is 2.34. The van der Waals surface area contributed by atoms with Crippen LogP contribution in [0.15, 0.2) is 18.2 Å². The zero-order valence-electron chi connectivity index (χ0n) is 11.2. The minimum absolute atomic E-state index is 0.235. The summed E-state index contributed by atoms with van der Waals surface area (Å²) in [6.07, 6.45) is 1.01. The van der Waals surface area contributed by atoms with Gasteiger partial charge >= 0.3 is 5.97 Å². The molecule has 1 aliphatic heterocycles. The molecule has 1 aliphatic rings. The van der Waals surface area contributed by atoms with Crippen LogP contribution in [0.3, 0.4) is 0 Å². The van der Waals surface area contributed by atoms with E-state index in [1.807, 2.05) is 0 Å². The van der Waals surface area contributed by atoms with Crippen molar-refractivity contribution in [1.82, 2.24) is 4.90 Å². The van der Waals surface area contributed by atoms with Crippen LogP contribution in [0.5, 0.6) is 0 Å². The van der Waals surface area contributed by atoms with E-state index in [2.05, 4.69) is 24.2 Å². The Kier molecular flexibility index (Phi) is 4.32. The number of hydrogen-bond acceptors (Lipinski definition) is 3. The van der Waals surface area contributed by atoms with Gasteiger partial charge in [0.05, 0.1) is 5.56 Å². The Bertz CT molecular complexity index is 479. The zero-order valence-corrected chi connectivity index (χ0v) is 11.9. The molecule has 1 heterocycles. The van der Waals surface area contributed by atoms with Gasteiger partial charge in [0.15, 0.2) is 0 Å². The smallest absolute Gasteiger partial charge is 0.337 e. The monoisotopic (exact) mass is 282 g/mol. The number of carboxylic acid groups (broad SMARTS) is 1. The third kappa shape index (κ3) is 3.39. The Balaban J connectivity index is 2.17. The molecule has 0 spiro atoms. The lowest BCUT2D eigenvalue weighted by Gasteiger charge is -2.36. The van der Waals surface area contributed by atoms with E-state index in [1.165, 1.54) is 6.07 Å². The maximum atomic E-state index is 11.2. The Morgan fingerprint density at radius 3 is 2.89 bits per heavy atom. The number of halogens is 1. The largest absolute Gasteiger partial charge is 0.478 e. The van der Waals surface area contributed by atoms with Gasteiger partial charge in [0.25, 0.3) is 0 Å². The van der Waals surface area contributed by atoms with Crippen molar-refractivity contribution >= 4 is 23.3 Å². The van der Waals surface area contributed by atoms with Crippen molar-refractivity contribution < 1.29 is 9.90 Å². The molecule has 1 fully saturated rings. The predicted molar refractivity (Wildman–Crippen MR) is 77.1 cm³/mol. The second-order valence-electron chi connectivity index (χ2n) is 5.27. The number of hydrogen-bond donors (Lipinski definition) is 2. The van der Waals surface area contributed by atoms with Gasteiger partial charge in [-0.05, 0) is 44.1 Å². The van der Waals surface area contributed by atoms with Crippen molar-refractivity contribution in [3.05, 3.63) is 28.8 Å². The van der Waals surface area contributed by atoms with E-state index in [0.717, 1.165) is 19.5 Å². The summed E-state index contributed by atoms with van der Waals surface area (Å²) in [6, 6.07) is 5.26. The third-order valence-corrected chi connectivity index (χ3v) is 3.90. The number of aromatic carboxylic acids is 1. The number of nitrogens with zero attached hydrogens (tertiary/aromatic N) is 1. The summed E-state index contributed by atoms with van der Waals surface area (Å²) in [5, 5.41) is 13.0. The van der Waals surface area contributed by atoms with Crippen molar-refractivity contribution in [3.8, 4) is 0 Å². The summed E-state index contributed by atoms with van der Waals surface area (Å²) in [5.41, 5.74) is 0.886. The molecule has 0 aliphatic carbocycles. The van der Waals surface area contributed by atoms with Crippen LogP contribution in [0.25, 0.3) is 0 Å². The van der Waals surface area contributed by atoms with E-state index >= 15 is 0 Å². The number of nitrogens with one attached hydrogen (secondary N) is 1. The summed E-state index contributed by atoms with van der Waals surface area (Å²) < 4.78 is 0. The topological polar surface area (TPSA) is 52.6 Å². The lowest BCUT2D eigenvalue weighted by Crippen LogP contribution is -2.43. The molecule has 2 N–H and O–H groups in total. The van der Waals surface area contributed by atoms with E-state index in [4.69, 9.17) is 11.6 Å². The van der Waals surface area contributed by atoms with Gasteiger partial charge in [-0.25, -0.2) is 4.79 Å². The predicted octanol–water partition coefficient (Wildman–Crippen LogP) is 2.79. The number of benzene rings is 1. The summed E-state index contributed by atoms with van der Waals surface area (Å²) in [7, 11) is 2.11. The number of piperidine rings is 1. The minimum Gasteiger partial charge on any atom is -0.478 e. The molecule has 1 saturated heterocycles. The second kappa shape index (κ2) is 5.80. The first-order valence-electron chi connectivity index (χ1n) is 6.45. The van der Waals surface area contributed by atoms with Gasteiger partial charge in [0, 0.05) is 23.3 Å². The van der Waals surface area contributed by atoms with Crippen LogP contribution in [0, 0.1) is 5.92 Å². The Labute approximate surface area is 118 Å². The van der Waals surface area contributed by atoms with Gasteiger partial charge in [-0.1, -0.05) is 18.5 Å². The average molecular weight is 283 g/mol. The fourth-order valence-corrected chi connectivity index (χ4v) is 2.76.